The van der Waals surface area contributed by atoms with E-state index in [1.807, 2.05) is 25.7 Å². The Morgan fingerprint density at radius 1 is 1.30 bits per heavy atom. The molecule has 0 aromatic carbocycles. The molecule has 0 aliphatic heterocycles. The molecule has 2 aliphatic rings. The zero-order chi connectivity index (χ0) is 14.8. The van der Waals surface area contributed by atoms with Gasteiger partial charge in [0.25, 0.3) is 0 Å². The fraction of sp³-hybridized carbons (Fsp3) is 0.938. The highest BCUT2D eigenvalue weighted by molar-refractivity contribution is 5.68. The zero-order valence-electron chi connectivity index (χ0n) is 13.3. The van der Waals surface area contributed by atoms with Gasteiger partial charge in [-0.25, -0.2) is 4.79 Å². The number of ether oxygens (including phenoxy) is 1. The van der Waals surface area contributed by atoms with Gasteiger partial charge in [-0.05, 0) is 64.8 Å². The third kappa shape index (κ3) is 4.11. The van der Waals surface area contributed by atoms with E-state index in [2.05, 4.69) is 0 Å². The fourth-order valence-corrected chi connectivity index (χ4v) is 3.05. The van der Waals surface area contributed by atoms with Crippen LogP contribution in [0.25, 0.3) is 0 Å². The van der Waals surface area contributed by atoms with Crippen molar-refractivity contribution >= 4 is 6.09 Å². The maximum Gasteiger partial charge on any atom is 0.410 e. The minimum Gasteiger partial charge on any atom is -0.444 e. The molecule has 0 heterocycles. The highest BCUT2D eigenvalue weighted by Crippen LogP contribution is 2.48. The normalized spacial score (nSPS) is 21.8. The van der Waals surface area contributed by atoms with Crippen LogP contribution >= 0.6 is 0 Å². The first-order valence-electron chi connectivity index (χ1n) is 8.05. The monoisotopic (exact) mass is 282 g/mol. The summed E-state index contributed by atoms with van der Waals surface area (Å²) in [6.07, 6.45) is 8.02. The minimum atomic E-state index is -0.418. The number of hydrogen-bond acceptors (Lipinski definition) is 3. The predicted octanol–water partition coefficient (Wildman–Crippen LogP) is 3.30. The van der Waals surface area contributed by atoms with Crippen LogP contribution in [0.4, 0.5) is 4.79 Å². The van der Waals surface area contributed by atoms with Crippen molar-refractivity contribution < 1.29 is 9.53 Å². The Labute approximate surface area is 123 Å². The van der Waals surface area contributed by atoms with Crippen molar-refractivity contribution in [3.63, 3.8) is 0 Å². The Bertz CT molecular complexity index is 339. The summed E-state index contributed by atoms with van der Waals surface area (Å²) in [6, 6.07) is 0.374. The van der Waals surface area contributed by atoms with E-state index in [-0.39, 0.29) is 6.09 Å². The van der Waals surface area contributed by atoms with Gasteiger partial charge in [0.15, 0.2) is 0 Å². The average Bonchev–Trinajstić information content (AvgIpc) is 2.92. The summed E-state index contributed by atoms with van der Waals surface area (Å²) in [5.74, 6) is 0. The van der Waals surface area contributed by atoms with Crippen LogP contribution in [0.15, 0.2) is 0 Å². The molecule has 2 aliphatic carbocycles. The third-order valence-electron chi connectivity index (χ3n) is 4.67. The first-order chi connectivity index (χ1) is 9.35. The van der Waals surface area contributed by atoms with Crippen LogP contribution in [-0.4, -0.2) is 35.7 Å². The number of carbonyl (C=O) groups excluding carboxylic acids is 1. The molecule has 0 radical (unpaired) electrons. The number of amides is 1. The molecule has 0 bridgehead atoms. The van der Waals surface area contributed by atoms with Crippen molar-refractivity contribution in [1.29, 1.82) is 0 Å². The second-order valence-electron chi connectivity index (χ2n) is 7.57. The van der Waals surface area contributed by atoms with Gasteiger partial charge in [-0.15, -0.1) is 0 Å². The van der Waals surface area contributed by atoms with Crippen LogP contribution in [0, 0.1) is 5.41 Å². The maximum absolute atomic E-state index is 12.4. The topological polar surface area (TPSA) is 55.6 Å². The van der Waals surface area contributed by atoms with Crippen molar-refractivity contribution in [2.45, 2.75) is 77.4 Å². The van der Waals surface area contributed by atoms with Crippen LogP contribution in [0.3, 0.4) is 0 Å². The first kappa shape index (κ1) is 15.6. The molecule has 2 fully saturated rings. The predicted molar refractivity (Wildman–Crippen MR) is 80.5 cm³/mol. The summed E-state index contributed by atoms with van der Waals surface area (Å²) in [5.41, 5.74) is 5.75. The Morgan fingerprint density at radius 2 is 1.90 bits per heavy atom. The second kappa shape index (κ2) is 5.92. The molecule has 4 heteroatoms. The summed E-state index contributed by atoms with van der Waals surface area (Å²) >= 11 is 0. The molecule has 2 rings (SSSR count). The Morgan fingerprint density at radius 3 is 2.35 bits per heavy atom. The zero-order valence-corrected chi connectivity index (χ0v) is 13.3. The third-order valence-corrected chi connectivity index (χ3v) is 4.67. The van der Waals surface area contributed by atoms with Gasteiger partial charge >= 0.3 is 6.09 Å². The van der Waals surface area contributed by atoms with Gasteiger partial charge in [0.2, 0.25) is 0 Å². The lowest BCUT2D eigenvalue weighted by molar-refractivity contribution is 0.0151. The molecule has 1 amide bonds. The molecule has 0 saturated heterocycles. The summed E-state index contributed by atoms with van der Waals surface area (Å²) in [5, 5.41) is 0. The molecular formula is C16H30N2O2. The van der Waals surface area contributed by atoms with E-state index >= 15 is 0 Å². The summed E-state index contributed by atoms with van der Waals surface area (Å²) in [4.78, 5) is 14.4. The van der Waals surface area contributed by atoms with Crippen molar-refractivity contribution in [3.05, 3.63) is 0 Å². The second-order valence-corrected chi connectivity index (χ2v) is 7.57. The molecule has 0 atom stereocenters. The minimum absolute atomic E-state index is 0.141. The van der Waals surface area contributed by atoms with Crippen LogP contribution in [0.1, 0.15) is 65.7 Å². The Kier molecular flexibility index (Phi) is 4.62. The molecule has 2 N–H and O–H groups in total. The van der Waals surface area contributed by atoms with Gasteiger partial charge in [-0.2, -0.15) is 0 Å². The van der Waals surface area contributed by atoms with Crippen LogP contribution in [-0.2, 0) is 4.74 Å². The average molecular weight is 282 g/mol. The molecule has 0 aromatic heterocycles. The van der Waals surface area contributed by atoms with E-state index in [1.54, 1.807) is 0 Å². The van der Waals surface area contributed by atoms with E-state index < -0.39 is 5.60 Å². The van der Waals surface area contributed by atoms with Crippen molar-refractivity contribution in [1.82, 2.24) is 4.90 Å². The summed E-state index contributed by atoms with van der Waals surface area (Å²) < 4.78 is 5.59. The maximum atomic E-state index is 12.4. The van der Waals surface area contributed by atoms with Gasteiger partial charge in [0, 0.05) is 12.6 Å². The van der Waals surface area contributed by atoms with Crippen molar-refractivity contribution in [2.24, 2.45) is 11.1 Å². The number of nitrogens with zero attached hydrogens (tertiary/aromatic N) is 1. The fourth-order valence-electron chi connectivity index (χ4n) is 3.05. The van der Waals surface area contributed by atoms with E-state index in [0.717, 1.165) is 32.4 Å². The van der Waals surface area contributed by atoms with Crippen LogP contribution in [0.5, 0.6) is 0 Å². The number of hydrogen-bond donors (Lipinski definition) is 1. The quantitative estimate of drug-likeness (QED) is 0.841. The van der Waals surface area contributed by atoms with Crippen molar-refractivity contribution in [3.8, 4) is 0 Å². The standard InChI is InChI=1S/C16H30N2O2/c1-15(2,3)20-14(19)18(13-6-4-5-7-13)11-10-16(12-17)8-9-16/h13H,4-12,17H2,1-3H3. The molecule has 0 aromatic rings. The van der Waals surface area contributed by atoms with Gasteiger partial charge in [-0.1, -0.05) is 12.8 Å². The van der Waals surface area contributed by atoms with E-state index in [1.165, 1.54) is 25.7 Å². The molecule has 2 saturated carbocycles. The van der Waals surface area contributed by atoms with Crippen LogP contribution < -0.4 is 5.73 Å². The lowest BCUT2D eigenvalue weighted by Gasteiger charge is -2.32. The van der Waals surface area contributed by atoms with Gasteiger partial charge in [0.05, 0.1) is 0 Å². The van der Waals surface area contributed by atoms with Gasteiger partial charge < -0.3 is 15.4 Å². The molecule has 20 heavy (non-hydrogen) atoms. The largest absolute Gasteiger partial charge is 0.444 e. The number of carbonyl (C=O) groups is 1. The number of nitrogens with two attached hydrogens (primary N) is 1. The molecule has 116 valence electrons. The van der Waals surface area contributed by atoms with E-state index in [9.17, 15) is 4.79 Å². The van der Waals surface area contributed by atoms with E-state index in [0.29, 0.717) is 11.5 Å². The Hall–Kier alpha value is -0.770. The van der Waals surface area contributed by atoms with E-state index in [4.69, 9.17) is 10.5 Å². The lowest BCUT2D eigenvalue weighted by Crippen LogP contribution is -2.43. The number of rotatable bonds is 5. The van der Waals surface area contributed by atoms with Gasteiger partial charge in [-0.3, -0.25) is 0 Å². The lowest BCUT2D eigenvalue weighted by atomic mass is 10.0. The SMILES string of the molecule is CC(C)(C)OC(=O)N(CCC1(CN)CC1)C1CCCC1. The van der Waals surface area contributed by atoms with Gasteiger partial charge in [0.1, 0.15) is 5.60 Å². The molecule has 0 unspecified atom stereocenters. The highest BCUT2D eigenvalue weighted by atomic mass is 16.6. The smallest absolute Gasteiger partial charge is 0.410 e. The summed E-state index contributed by atoms with van der Waals surface area (Å²) in [6.45, 7) is 7.34. The van der Waals surface area contributed by atoms with Crippen molar-refractivity contribution in [2.75, 3.05) is 13.1 Å². The molecule has 0 spiro atoms. The highest BCUT2D eigenvalue weighted by Gasteiger charge is 2.42. The first-order valence-corrected chi connectivity index (χ1v) is 8.05. The van der Waals surface area contributed by atoms with Crippen LogP contribution in [0.2, 0.25) is 0 Å². The Balaban J connectivity index is 1.95. The summed E-state index contributed by atoms with van der Waals surface area (Å²) in [7, 11) is 0. The molecular weight excluding hydrogens is 252 g/mol. The molecule has 4 nitrogen and oxygen atoms in total.